The van der Waals surface area contributed by atoms with Crippen molar-refractivity contribution in [3.63, 3.8) is 0 Å². The smallest absolute Gasteiger partial charge is 0.337 e. The molecule has 0 saturated carbocycles. The van der Waals surface area contributed by atoms with E-state index in [9.17, 15) is 9.59 Å². The summed E-state index contributed by atoms with van der Waals surface area (Å²) in [7, 11) is 3.07. The number of piperidine rings is 1. The summed E-state index contributed by atoms with van der Waals surface area (Å²) in [5.41, 5.74) is 2.67. The minimum Gasteiger partial charge on any atom is -0.496 e. The average molecular weight is 425 g/mol. The number of ether oxygens (including phenoxy) is 2. The number of nitrogens with zero attached hydrogens (tertiary/aromatic N) is 1. The lowest BCUT2D eigenvalue weighted by molar-refractivity contribution is -0.126. The molecule has 1 N–H and O–H groups in total. The summed E-state index contributed by atoms with van der Waals surface area (Å²) >= 11 is 0. The van der Waals surface area contributed by atoms with Crippen LogP contribution in [0.15, 0.2) is 48.5 Å². The number of nitrogens with one attached hydrogen (secondary N) is 1. The van der Waals surface area contributed by atoms with Gasteiger partial charge in [0.25, 0.3) is 0 Å². The average Bonchev–Trinajstić information content (AvgIpc) is 2.82. The molecule has 6 nitrogen and oxygen atoms in total. The predicted octanol–water partition coefficient (Wildman–Crippen LogP) is 3.44. The van der Waals surface area contributed by atoms with Crippen molar-refractivity contribution in [1.82, 2.24) is 10.2 Å². The molecule has 2 aromatic rings. The maximum Gasteiger partial charge on any atom is 0.337 e. The molecule has 166 valence electrons. The lowest BCUT2D eigenvalue weighted by Gasteiger charge is -2.36. The Morgan fingerprint density at radius 3 is 2.58 bits per heavy atom. The molecule has 31 heavy (non-hydrogen) atoms. The van der Waals surface area contributed by atoms with E-state index in [0.717, 1.165) is 43.7 Å². The van der Waals surface area contributed by atoms with Gasteiger partial charge in [0, 0.05) is 13.1 Å². The van der Waals surface area contributed by atoms with Gasteiger partial charge >= 0.3 is 5.97 Å². The first-order valence-electron chi connectivity index (χ1n) is 10.8. The molecule has 2 aromatic carbocycles. The summed E-state index contributed by atoms with van der Waals surface area (Å²) in [6, 6.07) is 15.1. The quantitative estimate of drug-likeness (QED) is 0.658. The van der Waals surface area contributed by atoms with E-state index >= 15 is 0 Å². The molecule has 1 saturated heterocycles. The van der Waals surface area contributed by atoms with Gasteiger partial charge in [0.05, 0.1) is 25.8 Å². The molecule has 0 spiro atoms. The first-order chi connectivity index (χ1) is 15.0. The third-order valence-electron chi connectivity index (χ3n) is 6.02. The van der Waals surface area contributed by atoms with Crippen molar-refractivity contribution < 1.29 is 19.1 Å². The van der Waals surface area contributed by atoms with Gasteiger partial charge in [0.15, 0.2) is 0 Å². The number of rotatable bonds is 8. The zero-order chi connectivity index (χ0) is 22.2. The zero-order valence-electron chi connectivity index (χ0n) is 18.6. The summed E-state index contributed by atoms with van der Waals surface area (Å²) in [4.78, 5) is 26.6. The Hall–Kier alpha value is -2.86. The fourth-order valence-corrected chi connectivity index (χ4v) is 4.18. The Morgan fingerprint density at radius 1 is 1.13 bits per heavy atom. The number of likely N-dealkylation sites (tertiary alicyclic amines) is 1. The molecule has 0 radical (unpaired) electrons. The van der Waals surface area contributed by atoms with Crippen LogP contribution in [-0.4, -0.2) is 50.1 Å². The third kappa shape index (κ3) is 6.07. The largest absolute Gasteiger partial charge is 0.496 e. The maximum atomic E-state index is 12.8. The van der Waals surface area contributed by atoms with E-state index in [-0.39, 0.29) is 17.9 Å². The van der Waals surface area contributed by atoms with Gasteiger partial charge in [-0.3, -0.25) is 9.69 Å². The van der Waals surface area contributed by atoms with E-state index in [1.807, 2.05) is 37.3 Å². The first-order valence-corrected chi connectivity index (χ1v) is 10.8. The zero-order valence-corrected chi connectivity index (χ0v) is 18.6. The Kier molecular flexibility index (Phi) is 8.06. The molecule has 1 aliphatic rings. The highest BCUT2D eigenvalue weighted by Gasteiger charge is 2.27. The molecule has 1 aliphatic heterocycles. The topological polar surface area (TPSA) is 67.9 Å². The molecular weight excluding hydrogens is 392 g/mol. The highest BCUT2D eigenvalue weighted by Crippen LogP contribution is 2.26. The number of carbonyl (C=O) groups excluding carboxylic acids is 2. The fraction of sp³-hybridized carbons (Fsp3) is 0.440. The molecule has 1 heterocycles. The number of esters is 1. The minimum atomic E-state index is -0.364. The first kappa shape index (κ1) is 22.8. The number of benzene rings is 2. The van der Waals surface area contributed by atoms with Gasteiger partial charge in [-0.05, 0) is 68.0 Å². The Balaban J connectivity index is 1.52. The Bertz CT molecular complexity index is 881. The maximum absolute atomic E-state index is 12.8. The van der Waals surface area contributed by atoms with Gasteiger partial charge in [0.2, 0.25) is 5.91 Å². The van der Waals surface area contributed by atoms with Crippen molar-refractivity contribution in [3.05, 3.63) is 65.2 Å². The molecule has 0 aromatic heterocycles. The highest BCUT2D eigenvalue weighted by atomic mass is 16.5. The van der Waals surface area contributed by atoms with Crippen LogP contribution < -0.4 is 10.1 Å². The fourth-order valence-electron chi connectivity index (χ4n) is 4.18. The summed E-state index contributed by atoms with van der Waals surface area (Å²) in [5.74, 6) is 1.10. The SMILES string of the molecule is COC(=O)c1ccc(CNC(=O)C(C)N2CCCC(Cc3ccccc3OC)C2)cc1. The van der Waals surface area contributed by atoms with Crippen molar-refractivity contribution in [2.24, 2.45) is 5.92 Å². The summed E-state index contributed by atoms with van der Waals surface area (Å²) in [6.07, 6.45) is 3.21. The van der Waals surface area contributed by atoms with Crippen LogP contribution in [0.4, 0.5) is 0 Å². The van der Waals surface area contributed by atoms with Gasteiger partial charge < -0.3 is 14.8 Å². The number of amides is 1. The summed E-state index contributed by atoms with van der Waals surface area (Å²) in [6.45, 7) is 4.25. The van der Waals surface area contributed by atoms with Crippen LogP contribution in [0, 0.1) is 5.92 Å². The monoisotopic (exact) mass is 424 g/mol. The molecule has 6 heteroatoms. The second-order valence-corrected chi connectivity index (χ2v) is 8.10. The lowest BCUT2D eigenvalue weighted by atomic mass is 9.90. The predicted molar refractivity (Wildman–Crippen MR) is 120 cm³/mol. The minimum absolute atomic E-state index is 0.0231. The molecule has 1 fully saturated rings. The Labute approximate surface area is 184 Å². The van der Waals surface area contributed by atoms with E-state index in [0.29, 0.717) is 18.0 Å². The Morgan fingerprint density at radius 2 is 1.87 bits per heavy atom. The van der Waals surface area contributed by atoms with Crippen LogP contribution in [0.2, 0.25) is 0 Å². The summed E-state index contributed by atoms with van der Waals surface area (Å²) in [5, 5.41) is 3.02. The van der Waals surface area contributed by atoms with Gasteiger partial charge in [-0.2, -0.15) is 0 Å². The van der Waals surface area contributed by atoms with Gasteiger partial charge in [-0.25, -0.2) is 4.79 Å². The number of methoxy groups -OCH3 is 2. The standard InChI is InChI=1S/C25H32N2O4/c1-18(24(28)26-16-19-10-12-21(13-11-19)25(29)31-3)27-14-6-7-20(17-27)15-22-8-4-5-9-23(22)30-2/h4-5,8-13,18,20H,6-7,14-17H2,1-3H3,(H,26,28). The van der Waals surface area contributed by atoms with Crippen molar-refractivity contribution in [2.75, 3.05) is 27.3 Å². The molecule has 2 atom stereocenters. The van der Waals surface area contributed by atoms with E-state index in [4.69, 9.17) is 9.47 Å². The molecular formula is C25H32N2O4. The number of carbonyl (C=O) groups is 2. The van der Waals surface area contributed by atoms with Crippen molar-refractivity contribution in [2.45, 2.75) is 38.8 Å². The van der Waals surface area contributed by atoms with Crippen LogP contribution in [0.5, 0.6) is 5.75 Å². The van der Waals surface area contributed by atoms with E-state index < -0.39 is 0 Å². The van der Waals surface area contributed by atoms with Gasteiger partial charge in [-0.1, -0.05) is 30.3 Å². The van der Waals surface area contributed by atoms with Crippen LogP contribution in [0.25, 0.3) is 0 Å². The molecule has 1 amide bonds. The lowest BCUT2D eigenvalue weighted by Crippen LogP contribution is -2.49. The normalized spacial score (nSPS) is 17.6. The molecule has 0 aliphatic carbocycles. The molecule has 3 rings (SSSR count). The van der Waals surface area contributed by atoms with Gasteiger partial charge in [-0.15, -0.1) is 0 Å². The van der Waals surface area contributed by atoms with Gasteiger partial charge in [0.1, 0.15) is 5.75 Å². The number of hydrogen-bond donors (Lipinski definition) is 1. The van der Waals surface area contributed by atoms with E-state index in [2.05, 4.69) is 16.3 Å². The highest BCUT2D eigenvalue weighted by molar-refractivity contribution is 5.89. The number of hydrogen-bond acceptors (Lipinski definition) is 5. The van der Waals surface area contributed by atoms with Crippen LogP contribution in [0.3, 0.4) is 0 Å². The summed E-state index contributed by atoms with van der Waals surface area (Å²) < 4.78 is 10.2. The second-order valence-electron chi connectivity index (χ2n) is 8.10. The van der Waals surface area contributed by atoms with Crippen LogP contribution in [0.1, 0.15) is 41.3 Å². The van der Waals surface area contributed by atoms with Crippen molar-refractivity contribution >= 4 is 11.9 Å². The second kappa shape index (κ2) is 11.0. The van der Waals surface area contributed by atoms with Crippen molar-refractivity contribution in [3.8, 4) is 5.75 Å². The van der Waals surface area contributed by atoms with E-state index in [1.165, 1.54) is 12.7 Å². The third-order valence-corrected chi connectivity index (χ3v) is 6.02. The molecule has 0 bridgehead atoms. The van der Waals surface area contributed by atoms with Crippen LogP contribution >= 0.6 is 0 Å². The number of para-hydroxylation sites is 1. The van der Waals surface area contributed by atoms with Crippen molar-refractivity contribution in [1.29, 1.82) is 0 Å². The van der Waals surface area contributed by atoms with Crippen LogP contribution in [-0.2, 0) is 22.5 Å². The van der Waals surface area contributed by atoms with E-state index in [1.54, 1.807) is 19.2 Å². The molecule has 2 unspecified atom stereocenters.